The summed E-state index contributed by atoms with van der Waals surface area (Å²) >= 11 is 0. The van der Waals surface area contributed by atoms with Crippen molar-refractivity contribution in [3.63, 3.8) is 0 Å². The number of likely N-dealkylation sites (tertiary alicyclic amines) is 1. The molecule has 7 heteroatoms. The van der Waals surface area contributed by atoms with Gasteiger partial charge in [0.1, 0.15) is 5.65 Å². The molecule has 2 fully saturated rings. The lowest BCUT2D eigenvalue weighted by Gasteiger charge is -2.20. The van der Waals surface area contributed by atoms with E-state index < -0.39 is 0 Å². The van der Waals surface area contributed by atoms with Crippen LogP contribution in [0, 0.1) is 11.8 Å². The molecule has 4 heterocycles. The number of amides is 1. The number of nitrogens with zero attached hydrogens (tertiary/aromatic N) is 3. The van der Waals surface area contributed by atoms with E-state index >= 15 is 0 Å². The lowest BCUT2D eigenvalue weighted by molar-refractivity contribution is -0.130. The molecule has 2 aromatic heterocycles. The van der Waals surface area contributed by atoms with Crippen molar-refractivity contribution >= 4 is 36.4 Å². The first kappa shape index (κ1) is 19.0. The maximum absolute atomic E-state index is 12.6. The van der Waals surface area contributed by atoms with E-state index in [2.05, 4.69) is 10.3 Å². The van der Waals surface area contributed by atoms with Gasteiger partial charge in [-0.15, -0.1) is 24.8 Å². The van der Waals surface area contributed by atoms with E-state index in [0.717, 1.165) is 62.2 Å². The lowest BCUT2D eigenvalue weighted by atomic mass is 9.92. The van der Waals surface area contributed by atoms with E-state index in [1.807, 2.05) is 39.9 Å². The molecule has 2 atom stereocenters. The fraction of sp³-hybridized carbons (Fsp3) is 0.529. The molecule has 132 valence electrons. The van der Waals surface area contributed by atoms with Gasteiger partial charge in [0.2, 0.25) is 5.91 Å². The molecule has 5 nitrogen and oxygen atoms in total. The number of rotatable bonds is 2. The molecule has 1 N–H and O–H groups in total. The zero-order valence-electron chi connectivity index (χ0n) is 13.6. The molecular weight excluding hydrogens is 347 g/mol. The van der Waals surface area contributed by atoms with E-state index in [-0.39, 0.29) is 30.7 Å². The Labute approximate surface area is 154 Å². The second-order valence-corrected chi connectivity index (χ2v) is 6.51. The number of imidazole rings is 1. The van der Waals surface area contributed by atoms with Crippen LogP contribution in [0.4, 0.5) is 0 Å². The van der Waals surface area contributed by atoms with Crippen LogP contribution in [-0.4, -0.2) is 46.4 Å². The number of fused-ring (bicyclic) bond motifs is 2. The van der Waals surface area contributed by atoms with Gasteiger partial charge in [-0.25, -0.2) is 4.98 Å². The molecule has 4 rings (SSSR count). The van der Waals surface area contributed by atoms with Gasteiger partial charge in [-0.3, -0.25) is 4.79 Å². The normalized spacial score (nSPS) is 23.1. The van der Waals surface area contributed by atoms with Crippen LogP contribution in [0.15, 0.2) is 30.6 Å². The van der Waals surface area contributed by atoms with Crippen LogP contribution in [0.2, 0.25) is 0 Å². The fourth-order valence-electron chi connectivity index (χ4n) is 3.81. The summed E-state index contributed by atoms with van der Waals surface area (Å²) in [5.41, 5.74) is 1.77. The largest absolute Gasteiger partial charge is 0.342 e. The Hall–Kier alpha value is -1.30. The lowest BCUT2D eigenvalue weighted by Crippen LogP contribution is -2.34. The molecule has 2 aliphatic rings. The van der Waals surface area contributed by atoms with E-state index in [1.54, 1.807) is 0 Å². The van der Waals surface area contributed by atoms with Crippen molar-refractivity contribution in [1.82, 2.24) is 19.6 Å². The highest BCUT2D eigenvalue weighted by Gasteiger charge is 2.31. The molecule has 2 saturated heterocycles. The number of carbonyl (C=O) groups excluding carboxylic acids is 1. The molecule has 24 heavy (non-hydrogen) atoms. The zero-order chi connectivity index (χ0) is 14.9. The standard InChI is InChI=1S/C17H22N4O.2ClH/c22-17(9-15-12-21-6-2-1-3-16(21)19-15)20-7-4-13-10-18-11-14(13)5-8-20;;/h1-3,6,12-14,18H,4-5,7-11H2;2*1H/t13-,14+;;. The SMILES string of the molecule is Cl.Cl.O=C(Cc1cn2ccccc2n1)N1CC[C@@H]2CNC[C@@H]2CC1. The van der Waals surface area contributed by atoms with Gasteiger partial charge < -0.3 is 14.6 Å². The number of hydrogen-bond acceptors (Lipinski definition) is 3. The monoisotopic (exact) mass is 370 g/mol. The summed E-state index contributed by atoms with van der Waals surface area (Å²) in [6.07, 6.45) is 6.61. The highest BCUT2D eigenvalue weighted by molar-refractivity contribution is 5.85. The summed E-state index contributed by atoms with van der Waals surface area (Å²) in [6, 6.07) is 5.91. The average Bonchev–Trinajstić information content (AvgIpc) is 3.08. The molecule has 0 unspecified atom stereocenters. The number of hydrogen-bond donors (Lipinski definition) is 1. The third-order valence-electron chi connectivity index (χ3n) is 5.12. The molecule has 0 aromatic carbocycles. The van der Waals surface area contributed by atoms with Crippen LogP contribution in [0.25, 0.3) is 5.65 Å². The molecule has 0 aliphatic carbocycles. The van der Waals surface area contributed by atoms with Crippen molar-refractivity contribution in [3.05, 3.63) is 36.3 Å². The van der Waals surface area contributed by atoms with Gasteiger partial charge >= 0.3 is 0 Å². The van der Waals surface area contributed by atoms with Crippen LogP contribution in [-0.2, 0) is 11.2 Å². The van der Waals surface area contributed by atoms with Crippen molar-refractivity contribution < 1.29 is 4.79 Å². The van der Waals surface area contributed by atoms with Gasteiger partial charge in [0.15, 0.2) is 0 Å². The summed E-state index contributed by atoms with van der Waals surface area (Å²) in [6.45, 7) is 4.04. The highest BCUT2D eigenvalue weighted by atomic mass is 35.5. The summed E-state index contributed by atoms with van der Waals surface area (Å²) in [4.78, 5) is 19.2. The maximum Gasteiger partial charge on any atom is 0.228 e. The van der Waals surface area contributed by atoms with Gasteiger partial charge in [0.05, 0.1) is 12.1 Å². The van der Waals surface area contributed by atoms with E-state index in [0.29, 0.717) is 6.42 Å². The molecule has 2 aliphatic heterocycles. The molecule has 0 saturated carbocycles. The predicted octanol–water partition coefficient (Wildman–Crippen LogP) is 2.18. The predicted molar refractivity (Wildman–Crippen MR) is 99.1 cm³/mol. The molecule has 0 radical (unpaired) electrons. The van der Waals surface area contributed by atoms with E-state index in [1.165, 1.54) is 0 Å². The Morgan fingerprint density at radius 1 is 1.17 bits per heavy atom. The van der Waals surface area contributed by atoms with Gasteiger partial charge in [-0.1, -0.05) is 6.07 Å². The van der Waals surface area contributed by atoms with Crippen LogP contribution < -0.4 is 5.32 Å². The first-order valence-corrected chi connectivity index (χ1v) is 8.21. The Kier molecular flexibility index (Phi) is 6.49. The summed E-state index contributed by atoms with van der Waals surface area (Å²) < 4.78 is 1.97. The minimum absolute atomic E-state index is 0. The van der Waals surface area contributed by atoms with Crippen molar-refractivity contribution in [3.8, 4) is 0 Å². The Morgan fingerprint density at radius 3 is 2.54 bits per heavy atom. The quantitative estimate of drug-likeness (QED) is 0.881. The smallest absolute Gasteiger partial charge is 0.228 e. The van der Waals surface area contributed by atoms with Crippen LogP contribution in [0.3, 0.4) is 0 Å². The Bertz CT molecular complexity index is 643. The van der Waals surface area contributed by atoms with Crippen LogP contribution >= 0.6 is 24.8 Å². The topological polar surface area (TPSA) is 49.6 Å². The van der Waals surface area contributed by atoms with Crippen LogP contribution in [0.1, 0.15) is 18.5 Å². The number of carbonyl (C=O) groups is 1. The van der Waals surface area contributed by atoms with E-state index in [4.69, 9.17) is 0 Å². The van der Waals surface area contributed by atoms with Crippen molar-refractivity contribution in [1.29, 1.82) is 0 Å². The average molecular weight is 371 g/mol. The molecular formula is C17H24Cl2N4O. The minimum Gasteiger partial charge on any atom is -0.342 e. The van der Waals surface area contributed by atoms with Crippen LogP contribution in [0.5, 0.6) is 0 Å². The number of pyridine rings is 1. The van der Waals surface area contributed by atoms with Crippen molar-refractivity contribution in [2.24, 2.45) is 11.8 Å². The Balaban J connectivity index is 0.00000104. The molecule has 0 spiro atoms. The highest BCUT2D eigenvalue weighted by Crippen LogP contribution is 2.27. The Morgan fingerprint density at radius 2 is 1.88 bits per heavy atom. The second-order valence-electron chi connectivity index (χ2n) is 6.51. The molecule has 1 amide bonds. The summed E-state index contributed by atoms with van der Waals surface area (Å²) in [7, 11) is 0. The number of nitrogens with one attached hydrogen (secondary N) is 1. The fourth-order valence-corrected chi connectivity index (χ4v) is 3.81. The second kappa shape index (κ2) is 8.19. The molecule has 0 bridgehead atoms. The van der Waals surface area contributed by atoms with Gasteiger partial charge in [-0.05, 0) is 49.9 Å². The summed E-state index contributed by atoms with van der Waals surface area (Å²) in [5, 5.41) is 3.47. The van der Waals surface area contributed by atoms with Gasteiger partial charge in [0.25, 0.3) is 0 Å². The maximum atomic E-state index is 12.6. The number of halogens is 2. The number of aromatic nitrogens is 2. The zero-order valence-corrected chi connectivity index (χ0v) is 15.2. The molecule has 2 aromatic rings. The first-order valence-electron chi connectivity index (χ1n) is 8.21. The third-order valence-corrected chi connectivity index (χ3v) is 5.12. The van der Waals surface area contributed by atoms with E-state index in [9.17, 15) is 4.79 Å². The third kappa shape index (κ3) is 3.85. The minimum atomic E-state index is 0. The first-order chi connectivity index (χ1) is 10.8. The summed E-state index contributed by atoms with van der Waals surface area (Å²) in [5.74, 6) is 1.73. The van der Waals surface area contributed by atoms with Gasteiger partial charge in [0, 0.05) is 25.5 Å². The van der Waals surface area contributed by atoms with Crippen molar-refractivity contribution in [2.45, 2.75) is 19.3 Å². The van der Waals surface area contributed by atoms with Crippen molar-refractivity contribution in [2.75, 3.05) is 26.2 Å². The van der Waals surface area contributed by atoms with Gasteiger partial charge in [-0.2, -0.15) is 0 Å².